The summed E-state index contributed by atoms with van der Waals surface area (Å²) in [6.07, 6.45) is 0. The molecule has 0 aliphatic carbocycles. The van der Waals surface area contributed by atoms with Gasteiger partial charge >= 0.3 is 0 Å². The van der Waals surface area contributed by atoms with Crippen LogP contribution in [0.3, 0.4) is 0 Å². The van der Waals surface area contributed by atoms with E-state index in [1.807, 2.05) is 54.6 Å². The zero-order chi connectivity index (χ0) is 16.1. The fraction of sp³-hybridized carbons (Fsp3) is 0.150. The summed E-state index contributed by atoms with van der Waals surface area (Å²) >= 11 is 0. The number of nitrogens with one attached hydrogen (secondary N) is 2. The molecule has 3 nitrogen and oxygen atoms in total. The fourth-order valence-corrected chi connectivity index (χ4v) is 2.58. The van der Waals surface area contributed by atoms with E-state index < -0.39 is 0 Å². The van der Waals surface area contributed by atoms with Gasteiger partial charge in [-0.05, 0) is 35.4 Å². The van der Waals surface area contributed by atoms with Crippen LogP contribution in [-0.2, 0) is 4.79 Å². The second-order valence-electron chi connectivity index (χ2n) is 5.62. The van der Waals surface area contributed by atoms with Crippen molar-refractivity contribution in [3.8, 4) is 0 Å². The first-order valence-corrected chi connectivity index (χ1v) is 7.79. The van der Waals surface area contributed by atoms with Crippen LogP contribution in [0.5, 0.6) is 0 Å². The van der Waals surface area contributed by atoms with Gasteiger partial charge in [0.1, 0.15) is 0 Å². The van der Waals surface area contributed by atoms with Gasteiger partial charge in [-0.15, -0.1) is 0 Å². The molecule has 0 aromatic heterocycles. The highest BCUT2D eigenvalue weighted by Crippen LogP contribution is 2.18. The van der Waals surface area contributed by atoms with E-state index in [9.17, 15) is 4.79 Å². The highest BCUT2D eigenvalue weighted by molar-refractivity contribution is 5.95. The third-order valence-corrected chi connectivity index (χ3v) is 3.90. The Morgan fingerprint density at radius 2 is 1.61 bits per heavy atom. The Balaban J connectivity index is 1.58. The minimum absolute atomic E-state index is 0.0388. The number of fused-ring (bicyclic) bond motifs is 1. The van der Waals surface area contributed by atoms with E-state index >= 15 is 0 Å². The molecule has 3 aromatic rings. The molecule has 3 aromatic carbocycles. The molecule has 0 saturated heterocycles. The Kier molecular flexibility index (Phi) is 4.69. The lowest BCUT2D eigenvalue weighted by Crippen LogP contribution is -2.30. The number of amides is 1. The van der Waals surface area contributed by atoms with Gasteiger partial charge < -0.3 is 10.6 Å². The van der Waals surface area contributed by atoms with Crippen molar-refractivity contribution in [3.63, 3.8) is 0 Å². The fourth-order valence-electron chi connectivity index (χ4n) is 2.58. The number of carbonyl (C=O) groups excluding carboxylic acids is 1. The maximum atomic E-state index is 12.1. The van der Waals surface area contributed by atoms with Crippen LogP contribution in [-0.4, -0.2) is 12.5 Å². The predicted octanol–water partition coefficient (Wildman–Crippen LogP) is 4.13. The van der Waals surface area contributed by atoms with Crippen LogP contribution in [0.25, 0.3) is 10.8 Å². The Labute approximate surface area is 136 Å². The Hall–Kier alpha value is -2.65. The topological polar surface area (TPSA) is 41.1 Å². The van der Waals surface area contributed by atoms with Gasteiger partial charge in [0.2, 0.25) is 5.91 Å². The molecule has 0 saturated carbocycles. The van der Waals surface area contributed by atoms with Crippen molar-refractivity contribution < 1.29 is 4.79 Å². The number of hydrogen-bond donors (Lipinski definition) is 2. The van der Waals surface area contributed by atoms with E-state index in [1.165, 1.54) is 10.9 Å². The molecule has 0 aliphatic heterocycles. The van der Waals surface area contributed by atoms with Gasteiger partial charge in [-0.1, -0.05) is 60.7 Å². The van der Waals surface area contributed by atoms with Gasteiger partial charge in [0, 0.05) is 11.7 Å². The van der Waals surface area contributed by atoms with Crippen molar-refractivity contribution in [1.82, 2.24) is 5.32 Å². The van der Waals surface area contributed by atoms with Gasteiger partial charge in [0.05, 0.1) is 6.54 Å². The van der Waals surface area contributed by atoms with Gasteiger partial charge in [-0.3, -0.25) is 4.79 Å². The smallest absolute Gasteiger partial charge is 0.238 e. The molecule has 1 atom stereocenters. The lowest BCUT2D eigenvalue weighted by molar-refractivity contribution is -0.115. The summed E-state index contributed by atoms with van der Waals surface area (Å²) in [5.74, 6) is -0.0388. The van der Waals surface area contributed by atoms with Crippen LogP contribution in [0, 0.1) is 0 Å². The van der Waals surface area contributed by atoms with Crippen molar-refractivity contribution in [1.29, 1.82) is 0 Å². The van der Waals surface area contributed by atoms with Crippen molar-refractivity contribution in [2.45, 2.75) is 13.0 Å². The minimum atomic E-state index is -0.0388. The molecule has 0 fully saturated rings. The second kappa shape index (κ2) is 7.07. The van der Waals surface area contributed by atoms with E-state index in [2.05, 4.69) is 35.8 Å². The summed E-state index contributed by atoms with van der Waals surface area (Å²) in [5, 5.41) is 8.47. The lowest BCUT2D eigenvalue weighted by Gasteiger charge is -2.14. The maximum Gasteiger partial charge on any atom is 0.238 e. The van der Waals surface area contributed by atoms with Gasteiger partial charge in [-0.2, -0.15) is 0 Å². The van der Waals surface area contributed by atoms with E-state index in [0.29, 0.717) is 0 Å². The molecule has 3 rings (SSSR count). The third-order valence-electron chi connectivity index (χ3n) is 3.90. The van der Waals surface area contributed by atoms with E-state index in [-0.39, 0.29) is 18.5 Å². The molecule has 23 heavy (non-hydrogen) atoms. The van der Waals surface area contributed by atoms with E-state index in [4.69, 9.17) is 0 Å². The van der Waals surface area contributed by atoms with Crippen molar-refractivity contribution in [2.75, 3.05) is 11.9 Å². The first-order chi connectivity index (χ1) is 11.2. The summed E-state index contributed by atoms with van der Waals surface area (Å²) < 4.78 is 0. The van der Waals surface area contributed by atoms with Crippen LogP contribution in [0.1, 0.15) is 18.5 Å². The van der Waals surface area contributed by atoms with Crippen LogP contribution < -0.4 is 10.6 Å². The minimum Gasteiger partial charge on any atom is -0.325 e. The monoisotopic (exact) mass is 304 g/mol. The summed E-state index contributed by atoms with van der Waals surface area (Å²) in [5.41, 5.74) is 1.99. The third kappa shape index (κ3) is 3.96. The van der Waals surface area contributed by atoms with Crippen LogP contribution >= 0.6 is 0 Å². The molecule has 2 N–H and O–H groups in total. The number of carbonyl (C=O) groups is 1. The van der Waals surface area contributed by atoms with Crippen LogP contribution in [0.2, 0.25) is 0 Å². The Bertz CT molecular complexity index is 799. The molecule has 0 heterocycles. The molecular weight excluding hydrogens is 284 g/mol. The van der Waals surface area contributed by atoms with E-state index in [0.717, 1.165) is 11.1 Å². The summed E-state index contributed by atoms with van der Waals surface area (Å²) in [7, 11) is 0. The van der Waals surface area contributed by atoms with Gasteiger partial charge in [0.25, 0.3) is 0 Å². The average molecular weight is 304 g/mol. The SMILES string of the molecule is C[C@@H](NCC(=O)Nc1ccc2ccccc2c1)c1ccccc1. The average Bonchev–Trinajstić information content (AvgIpc) is 2.60. The van der Waals surface area contributed by atoms with Crippen LogP contribution in [0.4, 0.5) is 5.69 Å². The molecular formula is C20H20N2O. The number of rotatable bonds is 5. The number of benzene rings is 3. The normalized spacial score (nSPS) is 12.0. The summed E-state index contributed by atoms with van der Waals surface area (Å²) in [4.78, 5) is 12.1. The van der Waals surface area contributed by atoms with Crippen molar-refractivity contribution in [3.05, 3.63) is 78.4 Å². The first kappa shape index (κ1) is 15.3. The second-order valence-corrected chi connectivity index (χ2v) is 5.62. The lowest BCUT2D eigenvalue weighted by atomic mass is 10.1. The van der Waals surface area contributed by atoms with Crippen molar-refractivity contribution >= 4 is 22.4 Å². The first-order valence-electron chi connectivity index (χ1n) is 7.79. The Morgan fingerprint density at radius 1 is 0.913 bits per heavy atom. The zero-order valence-electron chi connectivity index (χ0n) is 13.1. The van der Waals surface area contributed by atoms with E-state index in [1.54, 1.807) is 0 Å². The largest absolute Gasteiger partial charge is 0.325 e. The number of hydrogen-bond acceptors (Lipinski definition) is 2. The molecule has 0 unspecified atom stereocenters. The molecule has 3 heteroatoms. The van der Waals surface area contributed by atoms with Crippen LogP contribution in [0.15, 0.2) is 72.8 Å². The zero-order valence-corrected chi connectivity index (χ0v) is 13.1. The summed E-state index contributed by atoms with van der Waals surface area (Å²) in [6, 6.07) is 24.3. The highest BCUT2D eigenvalue weighted by Gasteiger charge is 2.07. The highest BCUT2D eigenvalue weighted by atomic mass is 16.1. The van der Waals surface area contributed by atoms with Gasteiger partial charge in [0.15, 0.2) is 0 Å². The summed E-state index contributed by atoms with van der Waals surface area (Å²) in [6.45, 7) is 2.33. The molecule has 0 aliphatic rings. The molecule has 1 amide bonds. The predicted molar refractivity (Wildman–Crippen MR) is 95.4 cm³/mol. The molecule has 0 bridgehead atoms. The molecule has 0 spiro atoms. The number of anilines is 1. The molecule has 0 radical (unpaired) electrons. The Morgan fingerprint density at radius 3 is 2.39 bits per heavy atom. The quantitative estimate of drug-likeness (QED) is 0.744. The molecule has 116 valence electrons. The van der Waals surface area contributed by atoms with Gasteiger partial charge in [-0.25, -0.2) is 0 Å². The maximum absolute atomic E-state index is 12.1. The van der Waals surface area contributed by atoms with Crippen molar-refractivity contribution in [2.24, 2.45) is 0 Å². The standard InChI is InChI=1S/C20H20N2O/c1-15(16-7-3-2-4-8-16)21-14-20(23)22-19-12-11-17-9-5-6-10-18(17)13-19/h2-13,15,21H,14H2,1H3,(H,22,23)/t15-/m1/s1.